The maximum absolute atomic E-state index is 12.7. The van der Waals surface area contributed by atoms with Crippen molar-refractivity contribution in [1.82, 2.24) is 10.2 Å². The smallest absolute Gasteiger partial charge is 0.253 e. The van der Waals surface area contributed by atoms with E-state index in [1.807, 2.05) is 47.4 Å². The van der Waals surface area contributed by atoms with Gasteiger partial charge in [-0.25, -0.2) is 0 Å². The number of thioether (sulfide) groups is 1. The summed E-state index contributed by atoms with van der Waals surface area (Å²) in [7, 11) is 0. The number of hydrogen-bond acceptors (Lipinski definition) is 4. The van der Waals surface area contributed by atoms with Crippen LogP contribution in [0.3, 0.4) is 0 Å². The van der Waals surface area contributed by atoms with Crippen LogP contribution in [0.25, 0.3) is 0 Å². The lowest BCUT2D eigenvalue weighted by Gasteiger charge is -2.29. The van der Waals surface area contributed by atoms with E-state index < -0.39 is 0 Å². The van der Waals surface area contributed by atoms with Crippen LogP contribution in [-0.2, 0) is 16.1 Å². The van der Waals surface area contributed by atoms with Gasteiger partial charge >= 0.3 is 0 Å². The molecule has 0 aliphatic carbocycles. The Kier molecular flexibility index (Phi) is 5.85. The second-order valence-electron chi connectivity index (χ2n) is 7.21. The topological polar surface area (TPSA) is 69.7 Å². The zero-order valence-electron chi connectivity index (χ0n) is 16.1. The number of nitrogens with one attached hydrogen (secondary N) is 1. The average molecular weight is 410 g/mol. The molecule has 2 aliphatic heterocycles. The molecule has 2 heterocycles. The van der Waals surface area contributed by atoms with Crippen molar-refractivity contribution in [2.75, 3.05) is 30.3 Å². The molecule has 0 radical (unpaired) electrons. The van der Waals surface area contributed by atoms with E-state index in [9.17, 15) is 14.4 Å². The minimum Gasteiger partial charge on any atom is -0.350 e. The first-order valence-corrected chi connectivity index (χ1v) is 10.8. The Morgan fingerprint density at radius 1 is 1.03 bits per heavy atom. The number of anilines is 1. The average Bonchev–Trinajstić information content (AvgIpc) is 3.29. The highest BCUT2D eigenvalue weighted by molar-refractivity contribution is 8.00. The fourth-order valence-electron chi connectivity index (χ4n) is 3.61. The Morgan fingerprint density at radius 2 is 1.79 bits per heavy atom. The SMILES string of the molecule is O=C(CN1C(=O)CSc2ccc(C(=O)N3CCCC3)cc21)NCc1ccccc1. The Labute approximate surface area is 174 Å². The molecule has 0 aromatic heterocycles. The van der Waals surface area contributed by atoms with E-state index in [2.05, 4.69) is 5.32 Å². The number of carbonyl (C=O) groups is 3. The van der Waals surface area contributed by atoms with Gasteiger partial charge in [-0.2, -0.15) is 0 Å². The molecule has 0 atom stereocenters. The molecule has 29 heavy (non-hydrogen) atoms. The minimum atomic E-state index is -0.226. The summed E-state index contributed by atoms with van der Waals surface area (Å²) in [6.07, 6.45) is 2.05. The van der Waals surface area contributed by atoms with Gasteiger partial charge in [-0.3, -0.25) is 14.4 Å². The first-order chi connectivity index (χ1) is 14.1. The number of benzene rings is 2. The first-order valence-electron chi connectivity index (χ1n) is 9.79. The highest BCUT2D eigenvalue weighted by Crippen LogP contribution is 2.36. The summed E-state index contributed by atoms with van der Waals surface area (Å²) >= 11 is 1.44. The monoisotopic (exact) mass is 409 g/mol. The van der Waals surface area contributed by atoms with Gasteiger partial charge in [0.1, 0.15) is 6.54 Å². The predicted molar refractivity (Wildman–Crippen MR) is 113 cm³/mol. The molecule has 1 N–H and O–H groups in total. The summed E-state index contributed by atoms with van der Waals surface area (Å²) in [6.45, 7) is 1.90. The Morgan fingerprint density at radius 3 is 2.55 bits per heavy atom. The van der Waals surface area contributed by atoms with Gasteiger partial charge < -0.3 is 15.1 Å². The molecule has 3 amide bonds. The van der Waals surface area contributed by atoms with Crippen molar-refractivity contribution in [3.63, 3.8) is 0 Å². The van der Waals surface area contributed by atoms with E-state index in [0.29, 0.717) is 23.5 Å². The van der Waals surface area contributed by atoms with Gasteiger partial charge in [0, 0.05) is 30.1 Å². The van der Waals surface area contributed by atoms with E-state index in [1.165, 1.54) is 16.7 Å². The molecular weight excluding hydrogens is 386 g/mol. The Hall–Kier alpha value is -2.80. The molecule has 0 unspecified atom stereocenters. The zero-order chi connectivity index (χ0) is 20.2. The van der Waals surface area contributed by atoms with Crippen LogP contribution in [0.1, 0.15) is 28.8 Å². The summed E-state index contributed by atoms with van der Waals surface area (Å²) in [4.78, 5) is 42.0. The summed E-state index contributed by atoms with van der Waals surface area (Å²) < 4.78 is 0. The lowest BCUT2D eigenvalue weighted by Crippen LogP contribution is -2.43. The molecule has 0 saturated carbocycles. The zero-order valence-corrected chi connectivity index (χ0v) is 16.9. The third-order valence-electron chi connectivity index (χ3n) is 5.18. The third kappa shape index (κ3) is 4.45. The number of nitrogens with zero attached hydrogens (tertiary/aromatic N) is 2. The predicted octanol–water partition coefficient (Wildman–Crippen LogP) is 2.68. The van der Waals surface area contributed by atoms with Gasteiger partial charge in [-0.15, -0.1) is 11.8 Å². The van der Waals surface area contributed by atoms with Crippen LogP contribution in [0.4, 0.5) is 5.69 Å². The fraction of sp³-hybridized carbons (Fsp3) is 0.318. The molecule has 0 spiro atoms. The molecule has 7 heteroatoms. The van der Waals surface area contributed by atoms with E-state index in [0.717, 1.165) is 36.4 Å². The van der Waals surface area contributed by atoms with Crippen molar-refractivity contribution in [2.24, 2.45) is 0 Å². The Balaban J connectivity index is 1.49. The molecular formula is C22H23N3O3S. The van der Waals surface area contributed by atoms with Gasteiger partial charge in [-0.05, 0) is 36.6 Å². The number of likely N-dealkylation sites (tertiary alicyclic amines) is 1. The molecule has 6 nitrogen and oxygen atoms in total. The van der Waals surface area contributed by atoms with Gasteiger partial charge in [0.05, 0.1) is 11.4 Å². The fourth-order valence-corrected chi connectivity index (χ4v) is 4.52. The van der Waals surface area contributed by atoms with E-state index >= 15 is 0 Å². The highest BCUT2D eigenvalue weighted by atomic mass is 32.2. The van der Waals surface area contributed by atoms with Crippen LogP contribution >= 0.6 is 11.8 Å². The van der Waals surface area contributed by atoms with Crippen LogP contribution in [0.15, 0.2) is 53.4 Å². The van der Waals surface area contributed by atoms with E-state index in [1.54, 1.807) is 6.07 Å². The number of amides is 3. The molecule has 4 rings (SSSR count). The van der Waals surface area contributed by atoms with E-state index in [4.69, 9.17) is 0 Å². The maximum atomic E-state index is 12.7. The molecule has 2 aromatic carbocycles. The minimum absolute atomic E-state index is 0.0122. The molecule has 2 aromatic rings. The summed E-state index contributed by atoms with van der Waals surface area (Å²) in [5.41, 5.74) is 2.21. The van der Waals surface area contributed by atoms with Crippen molar-refractivity contribution < 1.29 is 14.4 Å². The third-order valence-corrected chi connectivity index (χ3v) is 6.22. The normalized spacial score (nSPS) is 15.9. The van der Waals surface area contributed by atoms with Crippen LogP contribution in [-0.4, -0.2) is 48.0 Å². The van der Waals surface area contributed by atoms with Crippen LogP contribution in [0, 0.1) is 0 Å². The van der Waals surface area contributed by atoms with Gasteiger partial charge in [0.15, 0.2) is 0 Å². The number of carbonyl (C=O) groups excluding carboxylic acids is 3. The van der Waals surface area contributed by atoms with Gasteiger partial charge in [0.25, 0.3) is 5.91 Å². The molecule has 2 aliphatic rings. The molecule has 0 bridgehead atoms. The number of fused-ring (bicyclic) bond motifs is 1. The summed E-state index contributed by atoms with van der Waals surface area (Å²) in [5.74, 6) is -0.0699. The maximum Gasteiger partial charge on any atom is 0.253 e. The highest BCUT2D eigenvalue weighted by Gasteiger charge is 2.28. The van der Waals surface area contributed by atoms with Crippen molar-refractivity contribution in [1.29, 1.82) is 0 Å². The van der Waals surface area contributed by atoms with E-state index in [-0.39, 0.29) is 24.3 Å². The van der Waals surface area contributed by atoms with Crippen molar-refractivity contribution >= 4 is 35.2 Å². The lowest BCUT2D eigenvalue weighted by atomic mass is 10.1. The number of rotatable bonds is 5. The molecule has 1 fully saturated rings. The van der Waals surface area contributed by atoms with Crippen LogP contribution in [0.5, 0.6) is 0 Å². The largest absolute Gasteiger partial charge is 0.350 e. The van der Waals surface area contributed by atoms with Crippen molar-refractivity contribution in [2.45, 2.75) is 24.3 Å². The van der Waals surface area contributed by atoms with Crippen LogP contribution < -0.4 is 10.2 Å². The van der Waals surface area contributed by atoms with Gasteiger partial charge in [0.2, 0.25) is 11.8 Å². The second kappa shape index (κ2) is 8.69. The molecule has 150 valence electrons. The van der Waals surface area contributed by atoms with Crippen molar-refractivity contribution in [3.8, 4) is 0 Å². The van der Waals surface area contributed by atoms with Gasteiger partial charge in [-0.1, -0.05) is 30.3 Å². The van der Waals surface area contributed by atoms with Crippen LogP contribution in [0.2, 0.25) is 0 Å². The lowest BCUT2D eigenvalue weighted by molar-refractivity contribution is -0.123. The molecule has 1 saturated heterocycles. The quantitative estimate of drug-likeness (QED) is 0.824. The first kappa shape index (κ1) is 19.5. The summed E-state index contributed by atoms with van der Waals surface area (Å²) in [6, 6.07) is 15.1. The Bertz CT molecular complexity index is 926. The van der Waals surface area contributed by atoms with Crippen molar-refractivity contribution in [3.05, 3.63) is 59.7 Å². The summed E-state index contributed by atoms with van der Waals surface area (Å²) in [5, 5.41) is 2.86. The standard InChI is InChI=1S/C22H23N3O3S/c26-20(23-13-16-6-2-1-3-7-16)14-25-18-12-17(22(28)24-10-4-5-11-24)8-9-19(18)29-15-21(25)27/h1-3,6-9,12H,4-5,10-11,13-15H2,(H,23,26). The second-order valence-corrected chi connectivity index (χ2v) is 8.23. The number of hydrogen-bond donors (Lipinski definition) is 1.